The lowest BCUT2D eigenvalue weighted by Crippen LogP contribution is -2.49. The fourth-order valence-corrected chi connectivity index (χ4v) is 1.89. The number of hydrogen-bond acceptors (Lipinski definition) is 2. The highest BCUT2D eigenvalue weighted by molar-refractivity contribution is 5.85. The van der Waals surface area contributed by atoms with Crippen LogP contribution in [0.1, 0.15) is 22.7 Å². The molecular weight excluding hydrogens is 264 g/mol. The minimum Gasteiger partial charge on any atom is -0.443 e. The van der Waals surface area contributed by atoms with E-state index < -0.39 is 24.7 Å². The Kier molecular flexibility index (Phi) is 4.16. The van der Waals surface area contributed by atoms with E-state index in [2.05, 4.69) is 10.1 Å². The molecule has 0 bridgehead atoms. The van der Waals surface area contributed by atoms with E-state index >= 15 is 0 Å². The van der Waals surface area contributed by atoms with Crippen molar-refractivity contribution in [3.63, 3.8) is 0 Å². The number of alkyl carbamates (subject to hydrolysis) is 1. The van der Waals surface area contributed by atoms with Crippen LogP contribution in [0.5, 0.6) is 0 Å². The highest BCUT2D eigenvalue weighted by Crippen LogP contribution is 2.36. The van der Waals surface area contributed by atoms with Crippen molar-refractivity contribution in [2.75, 3.05) is 6.61 Å². The van der Waals surface area contributed by atoms with E-state index in [0.717, 1.165) is 11.1 Å². The maximum atomic E-state index is 13.7. The lowest BCUT2D eigenvalue weighted by atomic mass is 9.94. The predicted molar refractivity (Wildman–Crippen MR) is 65.3 cm³/mol. The Morgan fingerprint density at radius 3 is 2.72 bits per heavy atom. The number of cyclic esters (lactones) is 1. The van der Waals surface area contributed by atoms with Crippen LogP contribution in [0.15, 0.2) is 18.2 Å². The van der Waals surface area contributed by atoms with E-state index in [4.69, 9.17) is 0 Å². The number of nitrogens with one attached hydrogen (secondary N) is 1. The van der Waals surface area contributed by atoms with Crippen LogP contribution >= 0.6 is 12.4 Å². The minimum absolute atomic E-state index is 0. The van der Waals surface area contributed by atoms with Gasteiger partial charge in [0, 0.05) is 0 Å². The topological polar surface area (TPSA) is 38.3 Å². The number of hydrogen-bond donors (Lipinski definition) is 1. The zero-order valence-electron chi connectivity index (χ0n) is 10.00. The first-order valence-electron chi connectivity index (χ1n) is 5.28. The van der Waals surface area contributed by atoms with Crippen LogP contribution < -0.4 is 5.32 Å². The predicted octanol–water partition coefficient (Wildman–Crippen LogP) is 3.14. The van der Waals surface area contributed by atoms with Crippen molar-refractivity contribution >= 4 is 18.5 Å². The van der Waals surface area contributed by atoms with Gasteiger partial charge in [-0.1, -0.05) is 23.8 Å². The van der Waals surface area contributed by atoms with E-state index in [1.165, 1.54) is 0 Å². The molecule has 0 aliphatic carbocycles. The number of alkyl halides is 2. The second kappa shape index (κ2) is 5.10. The summed E-state index contributed by atoms with van der Waals surface area (Å²) in [4.78, 5) is 11.1. The number of ether oxygens (including phenoxy) is 1. The first-order chi connectivity index (χ1) is 7.90. The third-order valence-corrected chi connectivity index (χ3v) is 2.83. The third kappa shape index (κ3) is 2.72. The molecule has 1 aliphatic heterocycles. The molecule has 18 heavy (non-hydrogen) atoms. The van der Waals surface area contributed by atoms with Crippen molar-refractivity contribution in [2.24, 2.45) is 0 Å². The fraction of sp³-hybridized carbons (Fsp3) is 0.417. The molecular formula is C12H14ClF2NO2. The zero-order chi connectivity index (χ0) is 12.6. The molecule has 1 aliphatic rings. The van der Waals surface area contributed by atoms with Gasteiger partial charge in [0.05, 0.1) is 0 Å². The van der Waals surface area contributed by atoms with Crippen molar-refractivity contribution in [1.82, 2.24) is 5.32 Å². The number of rotatable bonds is 1. The number of carbonyl (C=O) groups excluding carboxylic acids is 1. The molecule has 1 aromatic rings. The average molecular weight is 278 g/mol. The van der Waals surface area contributed by atoms with Gasteiger partial charge in [-0.15, -0.1) is 12.4 Å². The summed E-state index contributed by atoms with van der Waals surface area (Å²) in [7, 11) is 0. The summed E-state index contributed by atoms with van der Waals surface area (Å²) in [6.45, 7) is 2.69. The number of carbonyl (C=O) groups is 1. The normalized spacial score (nSPS) is 21.6. The molecule has 1 amide bonds. The molecule has 1 atom stereocenters. The third-order valence-electron chi connectivity index (χ3n) is 2.83. The van der Waals surface area contributed by atoms with Gasteiger partial charge in [0.2, 0.25) is 0 Å². The summed E-state index contributed by atoms with van der Waals surface area (Å²) in [5.41, 5.74) is 2.04. The van der Waals surface area contributed by atoms with Gasteiger partial charge in [0.25, 0.3) is 0 Å². The molecule has 2 rings (SSSR count). The van der Waals surface area contributed by atoms with Gasteiger partial charge in [-0.3, -0.25) is 0 Å². The van der Waals surface area contributed by atoms with E-state index in [1.807, 2.05) is 13.0 Å². The van der Waals surface area contributed by atoms with Gasteiger partial charge in [0.1, 0.15) is 6.04 Å². The van der Waals surface area contributed by atoms with Gasteiger partial charge < -0.3 is 10.1 Å². The van der Waals surface area contributed by atoms with Crippen LogP contribution in [0.2, 0.25) is 0 Å². The monoisotopic (exact) mass is 277 g/mol. The molecule has 1 saturated heterocycles. The van der Waals surface area contributed by atoms with Gasteiger partial charge in [-0.05, 0) is 25.0 Å². The molecule has 0 aromatic heterocycles. The number of benzene rings is 1. The molecule has 0 radical (unpaired) electrons. The second-order valence-corrected chi connectivity index (χ2v) is 4.27. The Balaban J connectivity index is 0.00000162. The number of halogens is 3. The van der Waals surface area contributed by atoms with Gasteiger partial charge in [-0.25, -0.2) is 13.6 Å². The summed E-state index contributed by atoms with van der Waals surface area (Å²) >= 11 is 0. The summed E-state index contributed by atoms with van der Waals surface area (Å²) in [5, 5.41) is 2.18. The van der Waals surface area contributed by atoms with Crippen molar-refractivity contribution in [2.45, 2.75) is 25.8 Å². The SMILES string of the molecule is Cc1ccc(C)c([C@@H]2NC(=O)OCC2(F)F)c1.Cl. The van der Waals surface area contributed by atoms with Gasteiger partial charge in [0.15, 0.2) is 6.61 Å². The number of aryl methyl sites for hydroxylation is 2. The molecule has 0 saturated carbocycles. The summed E-state index contributed by atoms with van der Waals surface area (Å²) in [6, 6.07) is 3.96. The van der Waals surface area contributed by atoms with Crippen LogP contribution in [0.25, 0.3) is 0 Å². The maximum Gasteiger partial charge on any atom is 0.408 e. The van der Waals surface area contributed by atoms with Crippen LogP contribution in [-0.4, -0.2) is 18.6 Å². The van der Waals surface area contributed by atoms with Crippen molar-refractivity contribution in [1.29, 1.82) is 0 Å². The molecule has 1 aromatic carbocycles. The highest BCUT2D eigenvalue weighted by Gasteiger charge is 2.47. The molecule has 3 nitrogen and oxygen atoms in total. The Bertz CT molecular complexity index is 465. The summed E-state index contributed by atoms with van der Waals surface area (Å²) in [5.74, 6) is -3.09. The highest BCUT2D eigenvalue weighted by atomic mass is 35.5. The van der Waals surface area contributed by atoms with Crippen LogP contribution in [-0.2, 0) is 4.74 Å². The Morgan fingerprint density at radius 2 is 2.06 bits per heavy atom. The Labute approximate surface area is 110 Å². The first kappa shape index (κ1) is 14.7. The van der Waals surface area contributed by atoms with E-state index in [1.54, 1.807) is 19.1 Å². The van der Waals surface area contributed by atoms with Crippen LogP contribution in [0.4, 0.5) is 13.6 Å². The average Bonchev–Trinajstić information content (AvgIpc) is 2.26. The maximum absolute atomic E-state index is 13.7. The summed E-state index contributed by atoms with van der Waals surface area (Å²) in [6.07, 6.45) is -0.804. The van der Waals surface area contributed by atoms with E-state index in [0.29, 0.717) is 5.56 Å². The fourth-order valence-electron chi connectivity index (χ4n) is 1.89. The molecule has 1 heterocycles. The van der Waals surface area contributed by atoms with Gasteiger partial charge >= 0.3 is 12.0 Å². The second-order valence-electron chi connectivity index (χ2n) is 4.27. The zero-order valence-corrected chi connectivity index (χ0v) is 10.8. The lowest BCUT2D eigenvalue weighted by molar-refractivity contribution is -0.104. The quantitative estimate of drug-likeness (QED) is 0.856. The Hall–Kier alpha value is -1.36. The minimum atomic E-state index is -3.09. The molecule has 1 fully saturated rings. The number of amides is 1. The molecule has 0 spiro atoms. The van der Waals surface area contributed by atoms with Crippen LogP contribution in [0, 0.1) is 13.8 Å². The van der Waals surface area contributed by atoms with E-state index in [9.17, 15) is 13.6 Å². The molecule has 0 unspecified atom stereocenters. The Morgan fingerprint density at radius 1 is 1.39 bits per heavy atom. The van der Waals surface area contributed by atoms with Crippen molar-refractivity contribution in [3.05, 3.63) is 34.9 Å². The molecule has 100 valence electrons. The lowest BCUT2D eigenvalue weighted by Gasteiger charge is -2.32. The van der Waals surface area contributed by atoms with Crippen LogP contribution in [0.3, 0.4) is 0 Å². The van der Waals surface area contributed by atoms with Crippen molar-refractivity contribution in [3.8, 4) is 0 Å². The molecule has 1 N–H and O–H groups in total. The molecule has 6 heteroatoms. The first-order valence-corrected chi connectivity index (χ1v) is 5.28. The largest absolute Gasteiger partial charge is 0.443 e. The van der Waals surface area contributed by atoms with Gasteiger partial charge in [-0.2, -0.15) is 0 Å². The standard InChI is InChI=1S/C12H13F2NO2.ClH/c1-7-3-4-8(2)9(5-7)10-12(13,14)6-17-11(16)15-10;/h3-5,10H,6H2,1-2H3,(H,15,16);1H/t10-;/m0./s1. The smallest absolute Gasteiger partial charge is 0.408 e. The van der Waals surface area contributed by atoms with E-state index in [-0.39, 0.29) is 12.4 Å². The van der Waals surface area contributed by atoms with Crippen molar-refractivity contribution < 1.29 is 18.3 Å². The summed E-state index contributed by atoms with van der Waals surface area (Å²) < 4.78 is 31.7.